The Morgan fingerprint density at radius 3 is 2.28 bits per heavy atom. The molecule has 10 nitrogen and oxygen atoms in total. The molecule has 4 aromatic carbocycles. The number of carbonyl (C=O) groups excluding carboxylic acids is 3. The van der Waals surface area contributed by atoms with Gasteiger partial charge in [0.2, 0.25) is 0 Å². The first-order valence-electron chi connectivity index (χ1n) is 15.7. The van der Waals surface area contributed by atoms with Crippen LogP contribution >= 0.6 is 0 Å². The van der Waals surface area contributed by atoms with E-state index in [4.69, 9.17) is 14.2 Å². The summed E-state index contributed by atoms with van der Waals surface area (Å²) in [6.45, 7) is 2.49. The lowest BCUT2D eigenvalue weighted by molar-refractivity contribution is -0.264. The molecular formula is C37H32N4O6. The second kappa shape index (κ2) is 9.66. The van der Waals surface area contributed by atoms with Crippen LogP contribution in [0.4, 0.5) is 0 Å². The standard InChI is InChI=1S/C37H32N4O6/c1-37-33(45-3)26(39(2)35(43)19-13-15-20(16-14-19)36(44)46-4)17-27(47-37)40-24-11-7-5-9-21(24)29-30-23(18-38-34(30)42)28-22-10-6-8-12-25(22)41(37)32(28)31(29)40/h5-16,26-27,33H,17-18H2,1-4H3,(H,38,42)/t26-,27-,33-,37+/m0/s1. The summed E-state index contributed by atoms with van der Waals surface area (Å²) in [4.78, 5) is 41.5. The van der Waals surface area contributed by atoms with Crippen molar-refractivity contribution in [1.82, 2.24) is 19.4 Å². The lowest BCUT2D eigenvalue weighted by Gasteiger charge is -2.50. The largest absolute Gasteiger partial charge is 0.465 e. The fourth-order valence-corrected chi connectivity index (χ4v) is 8.61. The van der Waals surface area contributed by atoms with Crippen LogP contribution in [0.2, 0.25) is 0 Å². The molecule has 5 heterocycles. The van der Waals surface area contributed by atoms with E-state index in [0.717, 1.165) is 54.7 Å². The van der Waals surface area contributed by atoms with Gasteiger partial charge >= 0.3 is 5.97 Å². The Bertz CT molecular complexity index is 2350. The maximum Gasteiger partial charge on any atom is 0.337 e. The van der Waals surface area contributed by atoms with Crippen LogP contribution in [-0.2, 0) is 26.5 Å². The fourth-order valence-electron chi connectivity index (χ4n) is 8.61. The fraction of sp³-hybridized carbons (Fsp3) is 0.270. The highest BCUT2D eigenvalue weighted by atomic mass is 16.6. The highest BCUT2D eigenvalue weighted by molar-refractivity contribution is 6.31. The normalized spacial score (nSPS) is 23.0. The maximum atomic E-state index is 14.1. The molecule has 0 saturated carbocycles. The van der Waals surface area contributed by atoms with Gasteiger partial charge < -0.3 is 33.6 Å². The highest BCUT2D eigenvalue weighted by Gasteiger charge is 2.55. The summed E-state index contributed by atoms with van der Waals surface area (Å²) in [6, 6.07) is 22.5. The van der Waals surface area contributed by atoms with Gasteiger partial charge in [-0.15, -0.1) is 0 Å². The molecule has 0 spiro atoms. The number of nitrogens with zero attached hydrogens (tertiary/aromatic N) is 3. The number of hydrogen-bond acceptors (Lipinski definition) is 6. The van der Waals surface area contributed by atoms with E-state index < -0.39 is 30.1 Å². The van der Waals surface area contributed by atoms with Gasteiger partial charge in [0, 0.05) is 54.2 Å². The molecule has 3 aliphatic rings. The number of carbonyl (C=O) groups is 3. The molecule has 1 fully saturated rings. The first-order chi connectivity index (χ1) is 22.8. The van der Waals surface area contributed by atoms with Gasteiger partial charge in [-0.25, -0.2) is 4.79 Å². The van der Waals surface area contributed by atoms with Gasteiger partial charge in [-0.05, 0) is 48.9 Å². The first kappa shape index (κ1) is 28.1. The van der Waals surface area contributed by atoms with Crippen molar-refractivity contribution in [3.63, 3.8) is 0 Å². The quantitative estimate of drug-likeness (QED) is 0.252. The van der Waals surface area contributed by atoms with E-state index in [1.807, 2.05) is 31.2 Å². The second-order valence-corrected chi connectivity index (χ2v) is 12.8. The zero-order valence-electron chi connectivity index (χ0n) is 26.4. The second-order valence-electron chi connectivity index (χ2n) is 12.8. The third kappa shape index (κ3) is 3.48. The molecule has 1 saturated heterocycles. The number of para-hydroxylation sites is 2. The molecule has 2 aromatic heterocycles. The maximum absolute atomic E-state index is 14.1. The number of esters is 1. The molecular weight excluding hydrogens is 596 g/mol. The van der Waals surface area contributed by atoms with Gasteiger partial charge in [-0.2, -0.15) is 0 Å². The molecule has 3 aliphatic heterocycles. The highest BCUT2D eigenvalue weighted by Crippen LogP contribution is 2.54. The van der Waals surface area contributed by atoms with Crippen molar-refractivity contribution in [2.24, 2.45) is 0 Å². The van der Waals surface area contributed by atoms with E-state index >= 15 is 0 Å². The Morgan fingerprint density at radius 2 is 1.57 bits per heavy atom. The number of hydrogen-bond donors (Lipinski definition) is 1. The lowest BCUT2D eigenvalue weighted by Crippen LogP contribution is -2.61. The predicted molar refractivity (Wildman–Crippen MR) is 176 cm³/mol. The Morgan fingerprint density at radius 1 is 0.915 bits per heavy atom. The summed E-state index contributed by atoms with van der Waals surface area (Å²) in [6.07, 6.45) is -0.613. The summed E-state index contributed by atoms with van der Waals surface area (Å²) < 4.78 is 22.9. The summed E-state index contributed by atoms with van der Waals surface area (Å²) in [5.41, 5.74) is 5.34. The van der Waals surface area contributed by atoms with Crippen LogP contribution in [-0.4, -0.2) is 65.2 Å². The number of benzene rings is 4. The number of methoxy groups -OCH3 is 2. The molecule has 236 valence electrons. The van der Waals surface area contributed by atoms with Gasteiger partial charge in [0.05, 0.1) is 46.3 Å². The van der Waals surface area contributed by atoms with Crippen molar-refractivity contribution in [2.45, 2.75) is 44.0 Å². The van der Waals surface area contributed by atoms with Crippen LogP contribution in [0.25, 0.3) is 43.6 Å². The summed E-state index contributed by atoms with van der Waals surface area (Å²) in [7, 11) is 4.79. The first-order valence-corrected chi connectivity index (χ1v) is 15.7. The van der Waals surface area contributed by atoms with Crippen molar-refractivity contribution in [2.75, 3.05) is 21.3 Å². The third-order valence-electron chi connectivity index (χ3n) is 10.6. The van der Waals surface area contributed by atoms with Crippen molar-refractivity contribution in [1.29, 1.82) is 0 Å². The molecule has 47 heavy (non-hydrogen) atoms. The van der Waals surface area contributed by atoms with E-state index in [9.17, 15) is 14.4 Å². The predicted octanol–water partition coefficient (Wildman–Crippen LogP) is 5.69. The van der Waals surface area contributed by atoms with Crippen molar-refractivity contribution in [3.05, 3.63) is 95.1 Å². The minimum Gasteiger partial charge on any atom is -0.465 e. The van der Waals surface area contributed by atoms with Crippen LogP contribution in [0.15, 0.2) is 72.8 Å². The van der Waals surface area contributed by atoms with E-state index in [2.05, 4.69) is 38.7 Å². The van der Waals surface area contributed by atoms with Gasteiger partial charge in [0.25, 0.3) is 11.8 Å². The average molecular weight is 629 g/mol. The zero-order chi connectivity index (χ0) is 32.4. The molecule has 10 heteroatoms. The molecule has 6 aromatic rings. The number of rotatable bonds is 4. The molecule has 2 bridgehead atoms. The average Bonchev–Trinajstić information content (AvgIpc) is 3.74. The van der Waals surface area contributed by atoms with Crippen molar-refractivity contribution < 1.29 is 28.6 Å². The number of aromatic nitrogens is 2. The van der Waals surface area contributed by atoms with Crippen molar-refractivity contribution >= 4 is 61.4 Å². The molecule has 0 unspecified atom stereocenters. The lowest BCUT2D eigenvalue weighted by atomic mass is 9.91. The molecule has 1 N–H and O–H groups in total. The van der Waals surface area contributed by atoms with Crippen molar-refractivity contribution in [3.8, 4) is 0 Å². The van der Waals surface area contributed by atoms with Gasteiger partial charge in [-0.1, -0.05) is 36.4 Å². The number of amides is 2. The summed E-state index contributed by atoms with van der Waals surface area (Å²) in [5.74, 6) is -0.733. The molecule has 9 rings (SSSR count). The number of fused-ring (bicyclic) bond motifs is 13. The zero-order valence-corrected chi connectivity index (χ0v) is 26.4. The van der Waals surface area contributed by atoms with Gasteiger partial charge in [-0.3, -0.25) is 9.59 Å². The smallest absolute Gasteiger partial charge is 0.337 e. The Balaban J connectivity index is 1.32. The minimum atomic E-state index is -1.05. The third-order valence-corrected chi connectivity index (χ3v) is 10.6. The number of ether oxygens (including phenoxy) is 3. The monoisotopic (exact) mass is 628 g/mol. The minimum absolute atomic E-state index is 0.0721. The topological polar surface area (TPSA) is 104 Å². The Hall–Kier alpha value is -5.19. The van der Waals surface area contributed by atoms with Gasteiger partial charge in [0.15, 0.2) is 5.72 Å². The van der Waals surface area contributed by atoms with Crippen LogP contribution in [0.5, 0.6) is 0 Å². The van der Waals surface area contributed by atoms with E-state index in [-0.39, 0.29) is 11.8 Å². The Kier molecular flexibility index (Phi) is 5.77. The van der Waals surface area contributed by atoms with E-state index in [1.165, 1.54) is 7.11 Å². The molecule has 0 radical (unpaired) electrons. The Labute approximate surface area is 269 Å². The molecule has 4 atom stereocenters. The van der Waals surface area contributed by atoms with Crippen LogP contribution in [0, 0.1) is 0 Å². The molecule has 2 amide bonds. The number of nitrogens with one attached hydrogen (secondary N) is 1. The van der Waals surface area contributed by atoms with E-state index in [0.29, 0.717) is 24.1 Å². The van der Waals surface area contributed by atoms with Crippen LogP contribution in [0.3, 0.4) is 0 Å². The summed E-state index contributed by atoms with van der Waals surface area (Å²) in [5, 5.41) is 7.08. The van der Waals surface area contributed by atoms with Crippen LogP contribution in [0.1, 0.15) is 56.2 Å². The SMILES string of the molecule is COC(=O)c1ccc(C(=O)N(C)[C@H]2C[C@@H]3O[C@](C)([C@H]2OC)n2c4ccccc4c4c5c(c6c7ccccc7n3c6c42)C(=O)NC5)cc1. The summed E-state index contributed by atoms with van der Waals surface area (Å²) >= 11 is 0. The molecule has 0 aliphatic carbocycles. The van der Waals surface area contributed by atoms with Crippen LogP contribution < -0.4 is 5.32 Å². The van der Waals surface area contributed by atoms with E-state index in [1.54, 1.807) is 43.3 Å². The number of likely N-dealkylation sites (N-methyl/N-ethyl adjacent to an activating group) is 1. The van der Waals surface area contributed by atoms with Gasteiger partial charge in [0.1, 0.15) is 12.3 Å².